The van der Waals surface area contributed by atoms with Crippen molar-refractivity contribution in [2.45, 2.75) is 11.9 Å². The van der Waals surface area contributed by atoms with Crippen molar-refractivity contribution in [1.82, 2.24) is 24.9 Å². The second-order valence-electron chi connectivity index (χ2n) is 4.64. The van der Waals surface area contributed by atoms with Crippen LogP contribution in [0.1, 0.15) is 6.92 Å². The predicted octanol–water partition coefficient (Wildman–Crippen LogP) is 3.89. The van der Waals surface area contributed by atoms with Crippen LogP contribution in [0.15, 0.2) is 41.8 Å². The van der Waals surface area contributed by atoms with E-state index in [-0.39, 0.29) is 0 Å². The molecular formula is C15H12N6S2. The van der Waals surface area contributed by atoms with E-state index in [0.29, 0.717) is 5.82 Å². The van der Waals surface area contributed by atoms with Crippen molar-refractivity contribution in [2.75, 3.05) is 11.1 Å². The first kappa shape index (κ1) is 14.3. The van der Waals surface area contributed by atoms with Gasteiger partial charge in [0.1, 0.15) is 22.2 Å². The summed E-state index contributed by atoms with van der Waals surface area (Å²) in [6.07, 6.45) is 3.30. The quantitative estimate of drug-likeness (QED) is 0.565. The van der Waals surface area contributed by atoms with Crippen molar-refractivity contribution in [3.63, 3.8) is 0 Å². The van der Waals surface area contributed by atoms with Crippen molar-refractivity contribution in [1.29, 1.82) is 0 Å². The number of fused-ring (bicyclic) bond motifs is 2. The molecule has 0 saturated heterocycles. The normalized spacial score (nSPS) is 11.2. The Hall–Kier alpha value is -2.32. The van der Waals surface area contributed by atoms with Crippen LogP contribution in [-0.2, 0) is 0 Å². The first-order valence-corrected chi connectivity index (χ1v) is 8.87. The van der Waals surface area contributed by atoms with Crippen molar-refractivity contribution >= 4 is 55.4 Å². The van der Waals surface area contributed by atoms with Gasteiger partial charge in [-0.25, -0.2) is 24.9 Å². The highest BCUT2D eigenvalue weighted by Gasteiger charge is 2.10. The minimum atomic E-state index is 0.660. The molecule has 0 atom stereocenters. The molecule has 0 unspecified atom stereocenters. The molecule has 8 heteroatoms. The zero-order valence-corrected chi connectivity index (χ0v) is 13.9. The Bertz CT molecular complexity index is 951. The van der Waals surface area contributed by atoms with Crippen LogP contribution in [0.2, 0.25) is 0 Å². The molecule has 0 bridgehead atoms. The molecule has 4 aromatic rings. The average molecular weight is 340 g/mol. The van der Waals surface area contributed by atoms with Crippen LogP contribution in [-0.4, -0.2) is 30.7 Å². The summed E-state index contributed by atoms with van der Waals surface area (Å²) in [5, 5.41) is 4.96. The van der Waals surface area contributed by atoms with Gasteiger partial charge in [-0.3, -0.25) is 0 Å². The lowest BCUT2D eigenvalue weighted by molar-refractivity contribution is 1.13. The van der Waals surface area contributed by atoms with Crippen LogP contribution in [0.4, 0.5) is 10.9 Å². The molecule has 0 saturated carbocycles. The van der Waals surface area contributed by atoms with E-state index in [4.69, 9.17) is 0 Å². The van der Waals surface area contributed by atoms with Crippen LogP contribution in [0.3, 0.4) is 0 Å². The molecule has 0 spiro atoms. The summed E-state index contributed by atoms with van der Waals surface area (Å²) in [6, 6.07) is 7.76. The maximum absolute atomic E-state index is 4.65. The van der Waals surface area contributed by atoms with Gasteiger partial charge in [-0.05, 0) is 30.0 Å². The van der Waals surface area contributed by atoms with Gasteiger partial charge in [0.15, 0.2) is 10.9 Å². The maximum Gasteiger partial charge on any atom is 0.191 e. The van der Waals surface area contributed by atoms with E-state index in [2.05, 4.69) is 37.2 Å². The van der Waals surface area contributed by atoms with Crippen LogP contribution in [0.25, 0.3) is 21.4 Å². The third-order valence-electron chi connectivity index (χ3n) is 3.14. The molecule has 114 valence electrons. The van der Waals surface area contributed by atoms with E-state index < -0.39 is 0 Å². The first-order chi connectivity index (χ1) is 11.3. The fourth-order valence-corrected chi connectivity index (χ4v) is 3.59. The molecule has 0 aliphatic rings. The number of nitrogens with one attached hydrogen (secondary N) is 1. The van der Waals surface area contributed by atoms with Gasteiger partial charge in [-0.1, -0.05) is 18.3 Å². The molecule has 4 aromatic heterocycles. The number of pyridine rings is 2. The number of thiazole rings is 1. The lowest BCUT2D eigenvalue weighted by atomic mass is 10.3. The van der Waals surface area contributed by atoms with E-state index in [1.807, 2.05) is 24.3 Å². The van der Waals surface area contributed by atoms with Crippen LogP contribution in [0, 0.1) is 0 Å². The monoisotopic (exact) mass is 340 g/mol. The van der Waals surface area contributed by atoms with Gasteiger partial charge in [0.05, 0.1) is 10.5 Å². The summed E-state index contributed by atoms with van der Waals surface area (Å²) < 4.78 is 0. The number of aromatic nitrogens is 5. The van der Waals surface area contributed by atoms with Gasteiger partial charge in [0.25, 0.3) is 0 Å². The summed E-state index contributed by atoms with van der Waals surface area (Å²) in [5.74, 6) is 1.63. The SMILES string of the molecule is CCSc1ccc2ncnc(Nc3nc4cccnc4s3)c2n1. The second kappa shape index (κ2) is 6.05. The molecule has 0 amide bonds. The number of nitrogens with zero attached hydrogens (tertiary/aromatic N) is 5. The topological polar surface area (TPSA) is 76.5 Å². The Morgan fingerprint density at radius 1 is 1.09 bits per heavy atom. The largest absolute Gasteiger partial charge is 0.314 e. The highest BCUT2D eigenvalue weighted by Crippen LogP contribution is 2.28. The lowest BCUT2D eigenvalue weighted by Crippen LogP contribution is -1.97. The smallest absolute Gasteiger partial charge is 0.191 e. The zero-order chi connectivity index (χ0) is 15.6. The van der Waals surface area contributed by atoms with Crippen molar-refractivity contribution < 1.29 is 0 Å². The molecule has 6 nitrogen and oxygen atoms in total. The molecule has 0 fully saturated rings. The fraction of sp³-hybridized carbons (Fsp3) is 0.133. The Morgan fingerprint density at radius 3 is 2.91 bits per heavy atom. The highest BCUT2D eigenvalue weighted by molar-refractivity contribution is 7.99. The number of thioether (sulfide) groups is 1. The minimum absolute atomic E-state index is 0.660. The Balaban J connectivity index is 1.76. The van der Waals surface area contributed by atoms with Gasteiger partial charge in [0.2, 0.25) is 0 Å². The van der Waals surface area contributed by atoms with Crippen LogP contribution < -0.4 is 5.32 Å². The Kier molecular flexibility index (Phi) is 3.76. The third kappa shape index (κ3) is 2.82. The first-order valence-electron chi connectivity index (χ1n) is 7.06. The number of rotatable bonds is 4. The van der Waals surface area contributed by atoms with Gasteiger partial charge >= 0.3 is 0 Å². The molecule has 4 heterocycles. The van der Waals surface area contributed by atoms with Gasteiger partial charge in [0, 0.05) is 6.20 Å². The van der Waals surface area contributed by atoms with Crippen molar-refractivity contribution in [3.05, 3.63) is 36.8 Å². The van der Waals surface area contributed by atoms with E-state index in [1.165, 1.54) is 17.7 Å². The fourth-order valence-electron chi connectivity index (χ4n) is 2.17. The number of hydrogen-bond acceptors (Lipinski definition) is 8. The Labute approximate surface area is 140 Å². The van der Waals surface area contributed by atoms with E-state index >= 15 is 0 Å². The van der Waals surface area contributed by atoms with Crippen LogP contribution >= 0.6 is 23.1 Å². The average Bonchev–Trinajstić information content (AvgIpc) is 2.98. The number of anilines is 2. The third-order valence-corrected chi connectivity index (χ3v) is 4.85. The summed E-state index contributed by atoms with van der Waals surface area (Å²) in [6.45, 7) is 2.10. The molecule has 0 radical (unpaired) electrons. The zero-order valence-electron chi connectivity index (χ0n) is 12.2. The van der Waals surface area contributed by atoms with Crippen molar-refractivity contribution in [2.24, 2.45) is 0 Å². The molecule has 0 aliphatic heterocycles. The summed E-state index contributed by atoms with van der Waals surface area (Å²) in [5.41, 5.74) is 2.42. The second-order valence-corrected chi connectivity index (χ2v) is 6.91. The number of hydrogen-bond donors (Lipinski definition) is 1. The van der Waals surface area contributed by atoms with Crippen molar-refractivity contribution in [3.8, 4) is 0 Å². The van der Waals surface area contributed by atoms with E-state index in [0.717, 1.165) is 37.3 Å². The van der Waals surface area contributed by atoms with Gasteiger partial charge in [-0.2, -0.15) is 0 Å². The molecule has 0 aliphatic carbocycles. The highest BCUT2D eigenvalue weighted by atomic mass is 32.2. The Morgan fingerprint density at radius 2 is 2.04 bits per heavy atom. The van der Waals surface area contributed by atoms with E-state index in [9.17, 15) is 0 Å². The summed E-state index contributed by atoms with van der Waals surface area (Å²) in [4.78, 5) is 23.0. The van der Waals surface area contributed by atoms with E-state index in [1.54, 1.807) is 18.0 Å². The minimum Gasteiger partial charge on any atom is -0.314 e. The molecule has 0 aromatic carbocycles. The summed E-state index contributed by atoms with van der Waals surface area (Å²) >= 11 is 3.18. The van der Waals surface area contributed by atoms with Gasteiger partial charge in [-0.15, -0.1) is 11.8 Å². The predicted molar refractivity (Wildman–Crippen MR) is 94.4 cm³/mol. The van der Waals surface area contributed by atoms with Crippen LogP contribution in [0.5, 0.6) is 0 Å². The summed E-state index contributed by atoms with van der Waals surface area (Å²) in [7, 11) is 0. The molecule has 4 rings (SSSR count). The molecular weight excluding hydrogens is 328 g/mol. The molecule has 1 N–H and O–H groups in total. The molecule has 23 heavy (non-hydrogen) atoms. The lowest BCUT2D eigenvalue weighted by Gasteiger charge is -2.06. The standard InChI is InChI=1S/C15H12N6S2/c1-2-22-11-6-5-9-12(20-11)13(18-8-17-9)21-15-19-10-4-3-7-16-14(10)23-15/h3-8H,2H2,1H3,(H,17,18,19,21). The van der Waals surface area contributed by atoms with Gasteiger partial charge < -0.3 is 5.32 Å². The maximum atomic E-state index is 4.65.